The van der Waals surface area contributed by atoms with Crippen molar-refractivity contribution in [3.8, 4) is 11.5 Å². The molecule has 6 nitrogen and oxygen atoms in total. The number of halogens is 1. The molecule has 0 amide bonds. The maximum absolute atomic E-state index is 12.6. The van der Waals surface area contributed by atoms with Gasteiger partial charge in [0.1, 0.15) is 5.25 Å². The van der Waals surface area contributed by atoms with Crippen molar-refractivity contribution in [2.24, 2.45) is 0 Å². The van der Waals surface area contributed by atoms with E-state index in [1.165, 1.54) is 7.11 Å². The first-order valence-electron chi connectivity index (χ1n) is 11.1. The van der Waals surface area contributed by atoms with Gasteiger partial charge >= 0.3 is 0 Å². The Labute approximate surface area is 208 Å². The van der Waals surface area contributed by atoms with Crippen LogP contribution in [0.5, 0.6) is 11.5 Å². The second-order valence-electron chi connectivity index (χ2n) is 8.40. The fourth-order valence-corrected chi connectivity index (χ4v) is 7.29. The summed E-state index contributed by atoms with van der Waals surface area (Å²) in [6.45, 7) is 2.33. The molecule has 0 unspecified atom stereocenters. The molecule has 176 valence electrons. The zero-order chi connectivity index (χ0) is 23.6. The molecule has 8 heteroatoms. The van der Waals surface area contributed by atoms with Gasteiger partial charge in [0.25, 0.3) is 0 Å². The van der Waals surface area contributed by atoms with Crippen molar-refractivity contribution in [1.82, 2.24) is 4.98 Å². The molecule has 2 aliphatic rings. The number of fused-ring (bicyclic) bond motifs is 1. The third kappa shape index (κ3) is 5.12. The lowest BCUT2D eigenvalue weighted by Gasteiger charge is -2.15. The molecule has 4 rings (SSSR count). The Hall–Kier alpha value is -1.91. The minimum Gasteiger partial charge on any atom is -0.504 e. The van der Waals surface area contributed by atoms with Gasteiger partial charge in [-0.05, 0) is 88.9 Å². The first-order chi connectivity index (χ1) is 15.8. The van der Waals surface area contributed by atoms with E-state index in [9.17, 15) is 13.5 Å². The standard InChI is InChI=1S/C25H28INO5S/c1-3-6-18-15-33(29,30)23-14-32-21(24(18)23)9-8-17(20-7-4-5-10-27-20)11-16-12-19(26)25(28)22(13-16)31-2/h4-5,7,10-13,21,23,28H,3,6,8-9,14-15H2,1-2H3/b17-11-/t21-,23+/m1/s1. The number of nitrogens with zero attached hydrogens (tertiary/aromatic N) is 1. The number of pyridine rings is 1. The van der Waals surface area contributed by atoms with Crippen molar-refractivity contribution in [1.29, 1.82) is 0 Å². The Morgan fingerprint density at radius 2 is 2.18 bits per heavy atom. The van der Waals surface area contributed by atoms with Crippen molar-refractivity contribution in [2.75, 3.05) is 19.5 Å². The first-order valence-corrected chi connectivity index (χ1v) is 13.9. The zero-order valence-corrected chi connectivity index (χ0v) is 21.7. The van der Waals surface area contributed by atoms with Crippen molar-refractivity contribution >= 4 is 44.1 Å². The molecule has 2 atom stereocenters. The van der Waals surface area contributed by atoms with Gasteiger partial charge in [0.15, 0.2) is 21.3 Å². The summed E-state index contributed by atoms with van der Waals surface area (Å²) in [7, 11) is -1.62. The van der Waals surface area contributed by atoms with Crippen LogP contribution in [-0.2, 0) is 14.6 Å². The number of methoxy groups -OCH3 is 1. The molecule has 1 N–H and O–H groups in total. The fraction of sp³-hybridized carbons (Fsp3) is 0.400. The van der Waals surface area contributed by atoms with Crippen LogP contribution in [0.4, 0.5) is 0 Å². The SMILES string of the molecule is CCCC1=C2[C@@H](CC/C(=C/c3cc(I)c(O)c(OC)c3)c3ccccn3)OC[C@@H]2S(=O)(=O)C1. The van der Waals surface area contributed by atoms with Gasteiger partial charge in [-0.1, -0.05) is 25.0 Å². The molecule has 33 heavy (non-hydrogen) atoms. The van der Waals surface area contributed by atoms with E-state index in [0.29, 0.717) is 22.2 Å². The molecule has 1 aromatic carbocycles. The van der Waals surface area contributed by atoms with E-state index >= 15 is 0 Å². The summed E-state index contributed by atoms with van der Waals surface area (Å²) in [4.78, 5) is 4.54. The van der Waals surface area contributed by atoms with Crippen LogP contribution in [0.2, 0.25) is 0 Å². The molecule has 2 aromatic rings. The number of hydrogen-bond donors (Lipinski definition) is 1. The van der Waals surface area contributed by atoms with Crippen molar-refractivity contribution in [2.45, 2.75) is 44.0 Å². The van der Waals surface area contributed by atoms with Gasteiger partial charge in [0, 0.05) is 6.20 Å². The largest absolute Gasteiger partial charge is 0.504 e. The highest BCUT2D eigenvalue weighted by atomic mass is 127. The molecule has 0 aliphatic carbocycles. The van der Waals surface area contributed by atoms with E-state index in [1.54, 1.807) is 12.3 Å². The molecule has 1 aromatic heterocycles. The topological polar surface area (TPSA) is 85.7 Å². The molecular formula is C25H28INO5S. The van der Waals surface area contributed by atoms with Crippen LogP contribution >= 0.6 is 22.6 Å². The maximum Gasteiger partial charge on any atom is 0.171 e. The van der Waals surface area contributed by atoms with Gasteiger partial charge in [0.05, 0.1) is 34.8 Å². The molecule has 0 saturated carbocycles. The number of ether oxygens (including phenoxy) is 2. The van der Waals surface area contributed by atoms with Crippen molar-refractivity contribution in [3.05, 3.63) is 62.5 Å². The van der Waals surface area contributed by atoms with Crippen LogP contribution in [-0.4, -0.2) is 49.3 Å². The third-order valence-corrected chi connectivity index (χ3v) is 9.02. The lowest BCUT2D eigenvalue weighted by molar-refractivity contribution is 0.118. The summed E-state index contributed by atoms with van der Waals surface area (Å²) in [5.74, 6) is 0.717. The normalized spacial score (nSPS) is 22.0. The number of benzene rings is 1. The van der Waals surface area contributed by atoms with Crippen molar-refractivity contribution in [3.63, 3.8) is 0 Å². The minimum absolute atomic E-state index is 0.123. The van der Waals surface area contributed by atoms with E-state index < -0.39 is 15.1 Å². The smallest absolute Gasteiger partial charge is 0.171 e. The quantitative estimate of drug-likeness (QED) is 0.349. The van der Waals surface area contributed by atoms with Gasteiger partial charge in [-0.25, -0.2) is 8.42 Å². The van der Waals surface area contributed by atoms with Crippen molar-refractivity contribution < 1.29 is 23.0 Å². The first kappa shape index (κ1) is 24.2. The Bertz CT molecular complexity index is 1190. The average molecular weight is 581 g/mol. The van der Waals surface area contributed by atoms with Crippen LogP contribution in [0.3, 0.4) is 0 Å². The summed E-state index contributed by atoms with van der Waals surface area (Å²) in [5.41, 5.74) is 4.82. The molecular weight excluding hydrogens is 553 g/mol. The van der Waals surface area contributed by atoms with E-state index in [4.69, 9.17) is 9.47 Å². The summed E-state index contributed by atoms with van der Waals surface area (Å²) in [5, 5.41) is 9.70. The Morgan fingerprint density at radius 3 is 2.88 bits per heavy atom. The maximum atomic E-state index is 12.6. The Kier molecular flexibility index (Phi) is 7.45. The zero-order valence-electron chi connectivity index (χ0n) is 18.8. The van der Waals surface area contributed by atoms with Gasteiger partial charge in [-0.2, -0.15) is 0 Å². The van der Waals surface area contributed by atoms with E-state index in [-0.39, 0.29) is 24.2 Å². The average Bonchev–Trinajstić information content (AvgIpc) is 3.34. The molecule has 3 heterocycles. The van der Waals surface area contributed by atoms with Gasteiger partial charge in [-0.3, -0.25) is 4.98 Å². The predicted octanol–water partition coefficient (Wildman–Crippen LogP) is 5.01. The summed E-state index contributed by atoms with van der Waals surface area (Å²) < 4.78 is 37.3. The number of rotatable bonds is 8. The second-order valence-corrected chi connectivity index (χ2v) is 11.7. The molecule has 2 aliphatic heterocycles. The number of sulfone groups is 1. The predicted molar refractivity (Wildman–Crippen MR) is 138 cm³/mol. The Morgan fingerprint density at radius 1 is 1.36 bits per heavy atom. The highest BCUT2D eigenvalue weighted by molar-refractivity contribution is 14.1. The number of hydrogen-bond acceptors (Lipinski definition) is 6. The molecule has 0 spiro atoms. The van der Waals surface area contributed by atoms with Gasteiger partial charge in [0.2, 0.25) is 0 Å². The van der Waals surface area contributed by atoms with Crippen LogP contribution in [0.25, 0.3) is 11.6 Å². The minimum atomic E-state index is -3.15. The summed E-state index contributed by atoms with van der Waals surface area (Å²) >= 11 is 2.08. The van der Waals surface area contributed by atoms with E-state index in [2.05, 4.69) is 34.5 Å². The van der Waals surface area contributed by atoms with Crippen LogP contribution in [0.15, 0.2) is 47.7 Å². The van der Waals surface area contributed by atoms with Crippen LogP contribution in [0, 0.1) is 3.57 Å². The van der Waals surface area contributed by atoms with Gasteiger partial charge < -0.3 is 14.6 Å². The van der Waals surface area contributed by atoms with Gasteiger partial charge in [-0.15, -0.1) is 0 Å². The summed E-state index contributed by atoms with van der Waals surface area (Å²) in [6, 6.07) is 9.49. The Balaban J connectivity index is 1.64. The monoisotopic (exact) mass is 581 g/mol. The third-order valence-electron chi connectivity index (χ3n) is 6.19. The number of aromatic hydroxyl groups is 1. The van der Waals surface area contributed by atoms with Crippen LogP contribution in [0.1, 0.15) is 43.9 Å². The van der Waals surface area contributed by atoms with E-state index in [1.807, 2.05) is 30.3 Å². The highest BCUT2D eigenvalue weighted by Gasteiger charge is 2.46. The fourth-order valence-electron chi connectivity index (χ4n) is 4.67. The van der Waals surface area contributed by atoms with Crippen LogP contribution < -0.4 is 4.74 Å². The highest BCUT2D eigenvalue weighted by Crippen LogP contribution is 2.41. The molecule has 1 saturated heterocycles. The molecule has 0 bridgehead atoms. The molecule has 1 fully saturated rings. The lowest BCUT2D eigenvalue weighted by Crippen LogP contribution is -2.19. The summed E-state index contributed by atoms with van der Waals surface area (Å²) in [6.07, 6.45) is 6.72. The number of phenols is 1. The number of phenolic OH excluding ortho intramolecular Hbond substituents is 1. The number of allylic oxidation sites excluding steroid dienone is 1. The number of aromatic nitrogens is 1. The van der Waals surface area contributed by atoms with E-state index in [0.717, 1.165) is 40.8 Å². The second kappa shape index (κ2) is 10.1. The lowest BCUT2D eigenvalue weighted by atomic mass is 9.94. The molecule has 0 radical (unpaired) electrons.